The third kappa shape index (κ3) is 6.15. The van der Waals surface area contributed by atoms with Gasteiger partial charge >= 0.3 is 5.97 Å². The maximum atomic E-state index is 13.6. The molecule has 1 aromatic heterocycles. The molecule has 10 nitrogen and oxygen atoms in total. The van der Waals surface area contributed by atoms with Crippen LogP contribution in [0.1, 0.15) is 49.4 Å². The molecule has 0 spiro atoms. The highest BCUT2D eigenvalue weighted by Crippen LogP contribution is 2.41. The first-order chi connectivity index (χ1) is 18.6. The molecule has 2 heterocycles. The lowest BCUT2D eigenvalue weighted by atomic mass is 9.89. The minimum atomic E-state index is -4.25. The highest BCUT2D eigenvalue weighted by Gasteiger charge is 2.52. The summed E-state index contributed by atoms with van der Waals surface area (Å²) in [6.07, 6.45) is 0.611. The van der Waals surface area contributed by atoms with Gasteiger partial charge in [0.2, 0.25) is 15.8 Å². The normalized spacial score (nSPS) is 22.1. The molecule has 1 fully saturated rings. The number of aliphatic hydroxyl groups is 1. The van der Waals surface area contributed by atoms with E-state index in [-0.39, 0.29) is 29.4 Å². The number of carbonyl (C=O) groups excluding carboxylic acids is 1. The van der Waals surface area contributed by atoms with E-state index in [1.54, 1.807) is 50.2 Å². The van der Waals surface area contributed by atoms with Gasteiger partial charge in [-0.3, -0.25) is 4.90 Å². The van der Waals surface area contributed by atoms with Crippen LogP contribution in [0.15, 0.2) is 64.1 Å². The predicted molar refractivity (Wildman–Crippen MR) is 150 cm³/mol. The Kier molecular flexibility index (Phi) is 8.58. The third-order valence-corrected chi connectivity index (χ3v) is 8.48. The second kappa shape index (κ2) is 11.3. The van der Waals surface area contributed by atoms with Gasteiger partial charge in [0, 0.05) is 16.1 Å². The van der Waals surface area contributed by atoms with E-state index >= 15 is 0 Å². The average molecular weight is 613 g/mol. The zero-order valence-electron chi connectivity index (χ0n) is 22.4. The minimum Gasteiger partial charge on any atom is -0.467 e. The molecule has 0 aliphatic carbocycles. The van der Waals surface area contributed by atoms with Crippen molar-refractivity contribution in [3.8, 4) is 0 Å². The summed E-state index contributed by atoms with van der Waals surface area (Å²) >= 11 is 12.4. The fourth-order valence-corrected chi connectivity index (χ4v) is 6.28. The number of esters is 1. The van der Waals surface area contributed by atoms with Crippen molar-refractivity contribution < 1.29 is 32.2 Å². The molecule has 0 unspecified atom stereocenters. The Morgan fingerprint density at radius 1 is 1.25 bits per heavy atom. The molecule has 2 aromatic carbocycles. The standard InChI is InChI=1S/C27H31Cl2N3O7S/c1-16-27(34,18-7-5-8-19(28)11-18)38-15-26(3,4)32(16)17(2)39-25(33)21-12-24(40(30,35)36)22(29)13-23(21)31-14-20-9-6-10-37-20/h5-13,16-17,31,34H,14-15H2,1-4H3,(H2,30,35,36)/t16-,17+,27+/m0/s1. The molecule has 0 saturated carbocycles. The maximum absolute atomic E-state index is 13.6. The summed E-state index contributed by atoms with van der Waals surface area (Å²) in [5.41, 5.74) is -0.103. The third-order valence-electron chi connectivity index (χ3n) is 6.87. The minimum absolute atomic E-state index is 0.101. The van der Waals surface area contributed by atoms with E-state index in [1.807, 2.05) is 18.7 Å². The highest BCUT2D eigenvalue weighted by atomic mass is 35.5. The van der Waals surface area contributed by atoms with Crippen molar-refractivity contribution in [2.45, 2.75) is 62.7 Å². The number of ether oxygens (including phenoxy) is 2. The fourth-order valence-electron chi connectivity index (χ4n) is 4.99. The predicted octanol–water partition coefficient (Wildman–Crippen LogP) is 4.69. The fraction of sp³-hybridized carbons (Fsp3) is 0.370. The van der Waals surface area contributed by atoms with Crippen molar-refractivity contribution in [1.82, 2.24) is 4.90 Å². The van der Waals surface area contributed by atoms with E-state index in [1.165, 1.54) is 12.3 Å². The molecule has 1 saturated heterocycles. The summed E-state index contributed by atoms with van der Waals surface area (Å²) in [7, 11) is -4.25. The zero-order valence-corrected chi connectivity index (χ0v) is 24.7. The summed E-state index contributed by atoms with van der Waals surface area (Å²) in [6, 6.07) is 11.8. The molecule has 13 heteroatoms. The number of halogens is 2. The van der Waals surface area contributed by atoms with Gasteiger partial charge < -0.3 is 24.3 Å². The number of benzene rings is 2. The molecule has 216 valence electrons. The van der Waals surface area contributed by atoms with Crippen LogP contribution in [0.5, 0.6) is 0 Å². The molecular weight excluding hydrogens is 581 g/mol. The first-order valence-corrected chi connectivity index (χ1v) is 14.7. The van der Waals surface area contributed by atoms with Crippen molar-refractivity contribution in [1.29, 1.82) is 0 Å². The molecule has 1 aliphatic heterocycles. The summed E-state index contributed by atoms with van der Waals surface area (Å²) < 4.78 is 41.5. The van der Waals surface area contributed by atoms with Crippen LogP contribution in [0.4, 0.5) is 5.69 Å². The Morgan fingerprint density at radius 3 is 2.60 bits per heavy atom. The second-order valence-electron chi connectivity index (χ2n) is 10.2. The Labute approximate surface area is 243 Å². The molecule has 4 rings (SSSR count). The summed E-state index contributed by atoms with van der Waals surface area (Å²) in [5, 5.41) is 20.3. The van der Waals surface area contributed by atoms with Crippen LogP contribution < -0.4 is 10.5 Å². The second-order valence-corrected chi connectivity index (χ2v) is 12.6. The highest BCUT2D eigenvalue weighted by molar-refractivity contribution is 7.89. The topological polar surface area (TPSA) is 144 Å². The Balaban J connectivity index is 1.66. The largest absolute Gasteiger partial charge is 0.467 e. The molecule has 0 radical (unpaired) electrons. The van der Waals surface area contributed by atoms with Gasteiger partial charge in [-0.15, -0.1) is 0 Å². The van der Waals surface area contributed by atoms with E-state index in [9.17, 15) is 18.3 Å². The zero-order chi connectivity index (χ0) is 29.5. The smallest absolute Gasteiger partial charge is 0.341 e. The van der Waals surface area contributed by atoms with Crippen LogP contribution in [0.3, 0.4) is 0 Å². The van der Waals surface area contributed by atoms with Crippen LogP contribution in [0.25, 0.3) is 0 Å². The Hall–Kier alpha value is -2.64. The van der Waals surface area contributed by atoms with Crippen LogP contribution in [-0.4, -0.2) is 48.8 Å². The van der Waals surface area contributed by atoms with Crippen LogP contribution >= 0.6 is 23.2 Å². The molecule has 1 aliphatic rings. The number of nitrogens with zero attached hydrogens (tertiary/aromatic N) is 1. The maximum Gasteiger partial charge on any atom is 0.341 e. The molecular formula is C27H31Cl2N3O7S. The number of anilines is 1. The van der Waals surface area contributed by atoms with Gasteiger partial charge in [-0.1, -0.05) is 35.3 Å². The van der Waals surface area contributed by atoms with Crippen molar-refractivity contribution >= 4 is 44.9 Å². The number of hydrogen-bond donors (Lipinski definition) is 3. The van der Waals surface area contributed by atoms with Gasteiger partial charge in [0.25, 0.3) is 0 Å². The van der Waals surface area contributed by atoms with Gasteiger partial charge in [0.15, 0.2) is 6.23 Å². The Morgan fingerprint density at radius 2 is 1.98 bits per heavy atom. The molecule has 40 heavy (non-hydrogen) atoms. The monoisotopic (exact) mass is 611 g/mol. The van der Waals surface area contributed by atoms with Crippen LogP contribution in [0.2, 0.25) is 10.0 Å². The van der Waals surface area contributed by atoms with E-state index in [0.717, 1.165) is 6.07 Å². The summed E-state index contributed by atoms with van der Waals surface area (Å²) in [4.78, 5) is 15.0. The number of furan rings is 1. The van der Waals surface area contributed by atoms with Crippen LogP contribution in [0, 0.1) is 0 Å². The lowest BCUT2D eigenvalue weighted by Gasteiger charge is -2.54. The van der Waals surface area contributed by atoms with E-state index in [4.69, 9.17) is 42.2 Å². The number of primary sulfonamides is 1. The number of nitrogens with one attached hydrogen (secondary N) is 1. The van der Waals surface area contributed by atoms with Crippen LogP contribution in [-0.2, 0) is 31.8 Å². The number of sulfonamides is 1. The van der Waals surface area contributed by atoms with Gasteiger partial charge in [-0.25, -0.2) is 18.4 Å². The van der Waals surface area contributed by atoms with Gasteiger partial charge in [-0.2, -0.15) is 0 Å². The van der Waals surface area contributed by atoms with Gasteiger partial charge in [0.1, 0.15) is 10.7 Å². The number of rotatable bonds is 8. The lowest BCUT2D eigenvalue weighted by Crippen LogP contribution is -2.67. The molecule has 4 N–H and O–H groups in total. The number of nitrogens with two attached hydrogens (primary N) is 1. The molecule has 3 aromatic rings. The van der Waals surface area contributed by atoms with Crippen molar-refractivity contribution in [2.75, 3.05) is 11.9 Å². The number of hydrogen-bond acceptors (Lipinski definition) is 9. The first-order valence-electron chi connectivity index (χ1n) is 12.4. The van der Waals surface area contributed by atoms with Gasteiger partial charge in [-0.05, 0) is 64.1 Å². The number of morpholine rings is 1. The quantitative estimate of drug-likeness (QED) is 0.309. The first kappa shape index (κ1) is 30.3. The van der Waals surface area contributed by atoms with Gasteiger partial charge in [0.05, 0.1) is 41.7 Å². The van der Waals surface area contributed by atoms with E-state index in [2.05, 4.69) is 5.32 Å². The van der Waals surface area contributed by atoms with Crippen molar-refractivity contribution in [3.05, 3.63) is 81.7 Å². The Bertz CT molecular complexity index is 1500. The van der Waals surface area contributed by atoms with E-state index < -0.39 is 44.5 Å². The molecule has 0 amide bonds. The van der Waals surface area contributed by atoms with Crippen molar-refractivity contribution in [2.24, 2.45) is 5.14 Å². The SMILES string of the molecule is C[C@@H]1N([C@@H](C)OC(=O)c2cc(S(N)(=O)=O)c(Cl)cc2NCc2ccco2)C(C)(C)CO[C@@]1(O)c1cccc(Cl)c1. The molecule has 3 atom stereocenters. The van der Waals surface area contributed by atoms with Crippen molar-refractivity contribution in [3.63, 3.8) is 0 Å². The summed E-state index contributed by atoms with van der Waals surface area (Å²) in [5.74, 6) is -2.02. The lowest BCUT2D eigenvalue weighted by molar-refractivity contribution is -0.319. The molecule has 0 bridgehead atoms. The average Bonchev–Trinajstić information content (AvgIpc) is 3.38. The summed E-state index contributed by atoms with van der Waals surface area (Å²) in [6.45, 7) is 7.49. The number of carbonyl (C=O) groups is 1. The van der Waals surface area contributed by atoms with E-state index in [0.29, 0.717) is 16.3 Å².